The van der Waals surface area contributed by atoms with Crippen molar-refractivity contribution in [2.45, 2.75) is 32.1 Å². The third-order valence-electron chi connectivity index (χ3n) is 6.47. The average Bonchev–Trinajstić information content (AvgIpc) is 3.49. The number of carbonyl (C=O) groups excluding carboxylic acids is 1. The van der Waals surface area contributed by atoms with E-state index in [0.717, 1.165) is 36.2 Å². The van der Waals surface area contributed by atoms with Crippen LogP contribution < -0.4 is 5.32 Å². The largest absolute Gasteiger partial charge is 0.339 e. The number of aromatic nitrogens is 4. The fourth-order valence-electron chi connectivity index (χ4n) is 4.94. The van der Waals surface area contributed by atoms with Crippen LogP contribution >= 0.6 is 0 Å². The van der Waals surface area contributed by atoms with E-state index in [1.165, 1.54) is 0 Å². The summed E-state index contributed by atoms with van der Waals surface area (Å²) in [6.07, 6.45) is 4.96. The normalized spacial score (nSPS) is 25.9. The van der Waals surface area contributed by atoms with Crippen molar-refractivity contribution in [3.63, 3.8) is 0 Å². The molecule has 0 radical (unpaired) electrons. The SMILES string of the molecule is Cc1c(NC(=O)[C@H]2[C@H]3CC[C@H](C3)[C@@H]2c2nc(-c3ccccc3)no2)cnn1C. The van der Waals surface area contributed by atoms with Crippen LogP contribution in [-0.4, -0.2) is 25.8 Å². The summed E-state index contributed by atoms with van der Waals surface area (Å²) in [5.74, 6) is 1.87. The van der Waals surface area contributed by atoms with Crippen molar-refractivity contribution >= 4 is 11.6 Å². The second-order valence-electron chi connectivity index (χ2n) is 7.96. The Hall–Kier alpha value is -2.96. The van der Waals surface area contributed by atoms with Crippen molar-refractivity contribution in [2.75, 3.05) is 5.32 Å². The molecule has 0 unspecified atom stereocenters. The van der Waals surface area contributed by atoms with Gasteiger partial charge in [-0.25, -0.2) is 0 Å². The Labute approximate surface area is 163 Å². The van der Waals surface area contributed by atoms with Gasteiger partial charge in [0, 0.05) is 12.6 Å². The molecule has 2 saturated carbocycles. The van der Waals surface area contributed by atoms with E-state index >= 15 is 0 Å². The van der Waals surface area contributed by atoms with E-state index in [2.05, 4.69) is 20.6 Å². The average molecular weight is 377 g/mol. The first-order valence-electron chi connectivity index (χ1n) is 9.80. The maximum Gasteiger partial charge on any atom is 0.231 e. The molecule has 0 spiro atoms. The summed E-state index contributed by atoms with van der Waals surface area (Å²) in [7, 11) is 1.87. The van der Waals surface area contributed by atoms with Crippen LogP contribution in [0, 0.1) is 24.7 Å². The molecule has 5 rings (SSSR count). The van der Waals surface area contributed by atoms with Gasteiger partial charge in [-0.15, -0.1) is 0 Å². The molecule has 144 valence electrons. The molecule has 3 aromatic rings. The Morgan fingerprint density at radius 2 is 2.00 bits per heavy atom. The molecule has 2 aliphatic rings. The summed E-state index contributed by atoms with van der Waals surface area (Å²) in [5.41, 5.74) is 2.63. The molecule has 0 aliphatic heterocycles. The van der Waals surface area contributed by atoms with Gasteiger partial charge in [-0.1, -0.05) is 35.5 Å². The first-order valence-corrected chi connectivity index (χ1v) is 9.80. The van der Waals surface area contributed by atoms with Gasteiger partial charge in [-0.3, -0.25) is 9.48 Å². The van der Waals surface area contributed by atoms with Gasteiger partial charge in [0.25, 0.3) is 0 Å². The van der Waals surface area contributed by atoms with Gasteiger partial charge in [-0.2, -0.15) is 10.1 Å². The van der Waals surface area contributed by atoms with Gasteiger partial charge in [0.2, 0.25) is 17.6 Å². The van der Waals surface area contributed by atoms with Crippen LogP contribution in [0.5, 0.6) is 0 Å². The van der Waals surface area contributed by atoms with E-state index in [0.29, 0.717) is 23.6 Å². The van der Waals surface area contributed by atoms with Crippen molar-refractivity contribution < 1.29 is 9.32 Å². The first kappa shape index (κ1) is 17.2. The predicted octanol–water partition coefficient (Wildman–Crippen LogP) is 3.55. The van der Waals surface area contributed by atoms with Gasteiger partial charge in [0.05, 0.1) is 29.4 Å². The number of aryl methyl sites for hydroxylation is 1. The van der Waals surface area contributed by atoms with Crippen molar-refractivity contribution in [1.29, 1.82) is 0 Å². The topological polar surface area (TPSA) is 85.8 Å². The van der Waals surface area contributed by atoms with Crippen molar-refractivity contribution in [2.24, 2.45) is 24.8 Å². The van der Waals surface area contributed by atoms with Crippen LogP contribution in [0.1, 0.15) is 36.8 Å². The predicted molar refractivity (Wildman–Crippen MR) is 103 cm³/mol. The van der Waals surface area contributed by atoms with E-state index in [-0.39, 0.29) is 17.7 Å². The summed E-state index contributed by atoms with van der Waals surface area (Å²) < 4.78 is 7.42. The fraction of sp³-hybridized carbons (Fsp3) is 0.429. The standard InChI is InChI=1S/C21H23N5O2/c1-12-16(11-22-26(12)2)23-20(27)17-14-8-9-15(10-14)18(17)21-24-19(25-28-21)13-6-4-3-5-7-13/h3-7,11,14-15,17-18H,8-10H2,1-2H3,(H,23,27)/t14-,15+,17-,18-/m0/s1. The van der Waals surface area contributed by atoms with E-state index in [1.54, 1.807) is 10.9 Å². The van der Waals surface area contributed by atoms with Crippen LogP contribution in [0.4, 0.5) is 5.69 Å². The van der Waals surface area contributed by atoms with Crippen molar-refractivity contribution in [3.8, 4) is 11.4 Å². The van der Waals surface area contributed by atoms with E-state index in [9.17, 15) is 4.79 Å². The molecule has 2 aromatic heterocycles. The van der Waals surface area contributed by atoms with Crippen LogP contribution in [-0.2, 0) is 11.8 Å². The number of benzene rings is 1. The number of hydrogen-bond donors (Lipinski definition) is 1. The highest BCUT2D eigenvalue weighted by atomic mass is 16.5. The number of hydrogen-bond acceptors (Lipinski definition) is 5. The summed E-state index contributed by atoms with van der Waals surface area (Å²) in [6.45, 7) is 1.95. The minimum Gasteiger partial charge on any atom is -0.339 e. The third kappa shape index (κ3) is 2.73. The van der Waals surface area contributed by atoms with Gasteiger partial charge >= 0.3 is 0 Å². The lowest BCUT2D eigenvalue weighted by molar-refractivity contribution is -0.122. The van der Waals surface area contributed by atoms with Crippen LogP contribution in [0.3, 0.4) is 0 Å². The highest BCUT2D eigenvalue weighted by molar-refractivity contribution is 5.94. The molecule has 1 aromatic carbocycles. The molecule has 28 heavy (non-hydrogen) atoms. The molecule has 2 fully saturated rings. The lowest BCUT2D eigenvalue weighted by Gasteiger charge is -2.27. The molecule has 1 N–H and O–H groups in total. The first-order chi connectivity index (χ1) is 13.6. The number of rotatable bonds is 4. The molecule has 2 heterocycles. The summed E-state index contributed by atoms with van der Waals surface area (Å²) >= 11 is 0. The lowest BCUT2D eigenvalue weighted by Crippen LogP contribution is -2.33. The van der Waals surface area contributed by atoms with Gasteiger partial charge in [0.15, 0.2) is 0 Å². The molecule has 4 atom stereocenters. The van der Waals surface area contributed by atoms with E-state index in [4.69, 9.17) is 4.52 Å². The molecule has 2 bridgehead atoms. The zero-order valence-corrected chi connectivity index (χ0v) is 16.0. The minimum absolute atomic E-state index is 0.0133. The van der Waals surface area contributed by atoms with Gasteiger partial charge in [0.1, 0.15) is 0 Å². The Balaban J connectivity index is 1.42. The molecule has 2 aliphatic carbocycles. The highest BCUT2D eigenvalue weighted by Crippen LogP contribution is 2.56. The Bertz CT molecular complexity index is 1010. The quantitative estimate of drug-likeness (QED) is 0.751. The molecular formula is C21H23N5O2. The number of nitrogens with one attached hydrogen (secondary N) is 1. The van der Waals surface area contributed by atoms with E-state index in [1.807, 2.05) is 44.3 Å². The monoisotopic (exact) mass is 377 g/mol. The molecule has 7 heteroatoms. The van der Waals surface area contributed by atoms with Crippen LogP contribution in [0.15, 0.2) is 41.1 Å². The lowest BCUT2D eigenvalue weighted by atomic mass is 9.78. The second-order valence-corrected chi connectivity index (χ2v) is 7.96. The Morgan fingerprint density at radius 3 is 2.75 bits per heavy atom. The smallest absolute Gasteiger partial charge is 0.231 e. The molecule has 0 saturated heterocycles. The highest BCUT2D eigenvalue weighted by Gasteiger charge is 2.53. The maximum absolute atomic E-state index is 13.2. The summed E-state index contributed by atoms with van der Waals surface area (Å²) in [5, 5.41) is 11.5. The Kier molecular flexibility index (Phi) is 4.03. The van der Waals surface area contributed by atoms with Crippen LogP contribution in [0.2, 0.25) is 0 Å². The van der Waals surface area contributed by atoms with E-state index < -0.39 is 0 Å². The zero-order valence-electron chi connectivity index (χ0n) is 16.0. The van der Waals surface area contributed by atoms with Crippen molar-refractivity contribution in [3.05, 3.63) is 48.1 Å². The number of fused-ring (bicyclic) bond motifs is 2. The van der Waals surface area contributed by atoms with Gasteiger partial charge < -0.3 is 9.84 Å². The Morgan fingerprint density at radius 1 is 1.21 bits per heavy atom. The summed E-state index contributed by atoms with van der Waals surface area (Å²) in [4.78, 5) is 17.9. The number of nitrogens with zero attached hydrogens (tertiary/aromatic N) is 4. The van der Waals surface area contributed by atoms with Crippen molar-refractivity contribution in [1.82, 2.24) is 19.9 Å². The fourth-order valence-corrected chi connectivity index (χ4v) is 4.94. The minimum atomic E-state index is -0.137. The number of amides is 1. The second kappa shape index (κ2) is 6.58. The maximum atomic E-state index is 13.2. The zero-order chi connectivity index (χ0) is 19.3. The summed E-state index contributed by atoms with van der Waals surface area (Å²) in [6, 6.07) is 9.79. The molecule has 7 nitrogen and oxygen atoms in total. The van der Waals surface area contributed by atoms with Crippen LogP contribution in [0.25, 0.3) is 11.4 Å². The molecule has 1 amide bonds. The van der Waals surface area contributed by atoms with Gasteiger partial charge in [-0.05, 0) is 38.0 Å². The molecular weight excluding hydrogens is 354 g/mol. The number of carbonyl (C=O) groups is 1. The number of anilines is 1. The third-order valence-corrected chi connectivity index (χ3v) is 6.47.